The Morgan fingerprint density at radius 1 is 0.213 bits per heavy atom. The van der Waals surface area contributed by atoms with Crippen LogP contribution in [0.25, 0.3) is 149 Å². The van der Waals surface area contributed by atoms with Gasteiger partial charge in [-0.1, -0.05) is 182 Å². The van der Waals surface area contributed by atoms with Crippen LogP contribution in [0.2, 0.25) is 0 Å². The lowest BCUT2D eigenvalue weighted by Crippen LogP contribution is -2.01. The van der Waals surface area contributed by atoms with Crippen molar-refractivity contribution in [2.45, 2.75) is 0 Å². The highest BCUT2D eigenvalue weighted by Crippen LogP contribution is 2.44. The molecule has 75 heavy (non-hydrogen) atoms. The van der Waals surface area contributed by atoms with Gasteiger partial charge in [-0.3, -0.25) is 0 Å². The van der Waals surface area contributed by atoms with Gasteiger partial charge in [0.2, 0.25) is 0 Å². The molecule has 0 radical (unpaired) electrons. The standard InChI is InChI=1S/C69H42N6/c1-3-19-43(20-4-1)67-70-68(44-21-5-2-6-22-44)72-69(71-67)59-41-55-49-25-9-10-26-50(49)66(42-56(55)47-23-7-8-24-48(47)59)75-64-37-35-45(73-60-31-15-11-27-51(60)52-28-12-16-32-61(52)73)39-57(64)58-40-46(36-38-65(58)75)74-62-33-17-13-29-53(62)54-30-14-18-34-63(54)74/h1-42H. The molecule has 6 heteroatoms. The van der Waals surface area contributed by atoms with Gasteiger partial charge in [-0.15, -0.1) is 0 Å². The average Bonchev–Trinajstić information content (AvgIpc) is 4.18. The third-order valence-corrected chi connectivity index (χ3v) is 15.5. The highest BCUT2D eigenvalue weighted by Gasteiger charge is 2.23. The number of aromatic nitrogens is 6. The van der Waals surface area contributed by atoms with Crippen LogP contribution in [-0.4, -0.2) is 28.7 Å². The molecule has 0 spiro atoms. The van der Waals surface area contributed by atoms with Gasteiger partial charge in [0.05, 0.1) is 38.8 Å². The molecule has 0 saturated carbocycles. The fourth-order valence-electron chi connectivity index (χ4n) is 12.2. The van der Waals surface area contributed by atoms with E-state index in [9.17, 15) is 0 Å². The van der Waals surface area contributed by atoms with E-state index in [1.165, 1.54) is 54.4 Å². The largest absolute Gasteiger partial charge is 0.309 e. The van der Waals surface area contributed by atoms with E-state index in [2.05, 4.69) is 232 Å². The summed E-state index contributed by atoms with van der Waals surface area (Å²) in [6, 6.07) is 91.9. The number of nitrogens with zero attached hydrogens (tertiary/aromatic N) is 6. The lowest BCUT2D eigenvalue weighted by Gasteiger charge is -2.18. The van der Waals surface area contributed by atoms with E-state index in [1.807, 2.05) is 36.4 Å². The Labute approximate surface area is 430 Å². The molecule has 0 amide bonds. The molecule has 16 aromatic rings. The van der Waals surface area contributed by atoms with Gasteiger partial charge in [0.25, 0.3) is 0 Å². The van der Waals surface area contributed by atoms with Crippen molar-refractivity contribution in [3.63, 3.8) is 0 Å². The second kappa shape index (κ2) is 16.2. The highest BCUT2D eigenvalue weighted by molar-refractivity contribution is 6.24. The van der Waals surface area contributed by atoms with Crippen LogP contribution in [0.1, 0.15) is 0 Å². The SMILES string of the molecule is c1ccc(-c2nc(-c3ccccc3)nc(-c3cc4c5ccccc5c(-n5c6ccc(-n7c8ccccc8c8ccccc87)cc6c6cc(-n7c8ccccc8c8ccccc87)ccc65)cc4c4ccccc34)n2)cc1. The minimum Gasteiger partial charge on any atom is -0.309 e. The molecule has 12 aromatic carbocycles. The minimum absolute atomic E-state index is 0.634. The summed E-state index contributed by atoms with van der Waals surface area (Å²) in [5.74, 6) is 1.91. The predicted molar refractivity (Wildman–Crippen MR) is 312 cm³/mol. The van der Waals surface area contributed by atoms with Gasteiger partial charge >= 0.3 is 0 Å². The molecule has 4 heterocycles. The number of hydrogen-bond donors (Lipinski definition) is 0. The van der Waals surface area contributed by atoms with E-state index in [-0.39, 0.29) is 0 Å². The van der Waals surface area contributed by atoms with Crippen LogP contribution >= 0.6 is 0 Å². The van der Waals surface area contributed by atoms with Gasteiger partial charge in [0.15, 0.2) is 17.5 Å². The van der Waals surface area contributed by atoms with Gasteiger partial charge in [-0.05, 0) is 99.7 Å². The normalized spacial score (nSPS) is 12.0. The number of rotatable bonds is 6. The van der Waals surface area contributed by atoms with Crippen molar-refractivity contribution in [3.05, 3.63) is 255 Å². The molecular weight excluding hydrogens is 913 g/mol. The van der Waals surface area contributed by atoms with E-state index < -0.39 is 0 Å². The van der Waals surface area contributed by atoms with Crippen LogP contribution in [-0.2, 0) is 0 Å². The second-order valence-corrected chi connectivity index (χ2v) is 19.5. The molecule has 4 aromatic heterocycles. The molecule has 0 unspecified atom stereocenters. The van der Waals surface area contributed by atoms with Gasteiger partial charge in [0, 0.05) is 65.8 Å². The van der Waals surface area contributed by atoms with Crippen LogP contribution in [0.4, 0.5) is 0 Å². The van der Waals surface area contributed by atoms with Crippen molar-refractivity contribution in [3.8, 4) is 51.2 Å². The summed E-state index contributed by atoms with van der Waals surface area (Å²) in [5, 5.41) is 14.1. The summed E-state index contributed by atoms with van der Waals surface area (Å²) < 4.78 is 7.36. The quantitative estimate of drug-likeness (QED) is 0.156. The van der Waals surface area contributed by atoms with Crippen LogP contribution in [0.3, 0.4) is 0 Å². The summed E-state index contributed by atoms with van der Waals surface area (Å²) in [4.78, 5) is 15.5. The maximum absolute atomic E-state index is 5.25. The van der Waals surface area contributed by atoms with Crippen molar-refractivity contribution >= 4 is 97.7 Å². The van der Waals surface area contributed by atoms with Crippen LogP contribution in [0, 0.1) is 0 Å². The number of benzene rings is 12. The molecule has 0 aliphatic carbocycles. The van der Waals surface area contributed by atoms with Gasteiger partial charge in [-0.2, -0.15) is 0 Å². The van der Waals surface area contributed by atoms with Crippen molar-refractivity contribution in [1.82, 2.24) is 28.7 Å². The first-order valence-electron chi connectivity index (χ1n) is 25.5. The van der Waals surface area contributed by atoms with Crippen molar-refractivity contribution in [2.75, 3.05) is 0 Å². The number of fused-ring (bicyclic) bond motifs is 14. The summed E-state index contributed by atoms with van der Waals surface area (Å²) in [6.45, 7) is 0. The maximum atomic E-state index is 5.25. The zero-order chi connectivity index (χ0) is 49.1. The molecule has 0 aliphatic heterocycles. The Bertz CT molecular complexity index is 4670. The van der Waals surface area contributed by atoms with E-state index in [1.54, 1.807) is 0 Å². The van der Waals surface area contributed by atoms with E-state index >= 15 is 0 Å². The first-order chi connectivity index (χ1) is 37.2. The molecule has 16 rings (SSSR count). The van der Waals surface area contributed by atoms with Gasteiger partial charge in [-0.25, -0.2) is 15.0 Å². The molecule has 0 saturated heterocycles. The van der Waals surface area contributed by atoms with Gasteiger partial charge < -0.3 is 13.7 Å². The Morgan fingerprint density at radius 2 is 0.560 bits per heavy atom. The summed E-state index contributed by atoms with van der Waals surface area (Å²) in [7, 11) is 0. The molecule has 0 bridgehead atoms. The first kappa shape index (κ1) is 41.4. The third-order valence-electron chi connectivity index (χ3n) is 15.5. The molecular formula is C69H42N6. The predicted octanol–water partition coefficient (Wildman–Crippen LogP) is 17.6. The topological polar surface area (TPSA) is 53.5 Å². The molecule has 0 fully saturated rings. The molecule has 6 nitrogen and oxygen atoms in total. The second-order valence-electron chi connectivity index (χ2n) is 19.5. The van der Waals surface area contributed by atoms with Crippen LogP contribution < -0.4 is 0 Å². The number of hydrogen-bond acceptors (Lipinski definition) is 3. The first-order valence-corrected chi connectivity index (χ1v) is 25.5. The van der Waals surface area contributed by atoms with E-state index in [0.29, 0.717) is 17.5 Å². The van der Waals surface area contributed by atoms with Crippen LogP contribution in [0.15, 0.2) is 255 Å². The minimum atomic E-state index is 0.634. The van der Waals surface area contributed by atoms with Crippen molar-refractivity contribution in [1.29, 1.82) is 0 Å². The lowest BCUT2D eigenvalue weighted by atomic mass is 9.92. The Balaban J connectivity index is 0.980. The molecule has 0 N–H and O–H groups in total. The molecule has 0 aliphatic rings. The Hall–Kier alpha value is -10.2. The third kappa shape index (κ3) is 6.24. The van der Waals surface area contributed by atoms with Crippen molar-refractivity contribution in [2.24, 2.45) is 0 Å². The number of para-hydroxylation sites is 4. The van der Waals surface area contributed by atoms with Crippen molar-refractivity contribution < 1.29 is 0 Å². The zero-order valence-corrected chi connectivity index (χ0v) is 40.4. The highest BCUT2D eigenvalue weighted by atomic mass is 15.0. The Morgan fingerprint density at radius 3 is 1.03 bits per heavy atom. The summed E-state index contributed by atoms with van der Waals surface area (Å²) in [6.07, 6.45) is 0. The lowest BCUT2D eigenvalue weighted by molar-refractivity contribution is 1.08. The molecule has 348 valence electrons. The molecule has 0 atom stereocenters. The smallest absolute Gasteiger partial charge is 0.164 e. The zero-order valence-electron chi connectivity index (χ0n) is 40.4. The van der Waals surface area contributed by atoms with E-state index in [4.69, 9.17) is 15.0 Å². The summed E-state index contributed by atoms with van der Waals surface area (Å²) >= 11 is 0. The maximum Gasteiger partial charge on any atom is 0.164 e. The monoisotopic (exact) mass is 954 g/mol. The fraction of sp³-hybridized carbons (Fsp3) is 0. The van der Waals surface area contributed by atoms with Crippen LogP contribution in [0.5, 0.6) is 0 Å². The average molecular weight is 955 g/mol. The van der Waals surface area contributed by atoms with Gasteiger partial charge in [0.1, 0.15) is 0 Å². The Kier molecular flexibility index (Phi) is 8.94. The summed E-state index contributed by atoms with van der Waals surface area (Å²) in [5.41, 5.74) is 13.2. The fourth-order valence-corrected chi connectivity index (χ4v) is 12.2. The van der Waals surface area contributed by atoms with E-state index in [0.717, 1.165) is 77.1 Å².